The Kier molecular flexibility index (Phi) is 35.1. The molecule has 0 aromatic rings. The fraction of sp³-hybridized carbons (Fsp3) is 0.902. The Hall–Kier alpha value is -2.64. The summed E-state index contributed by atoms with van der Waals surface area (Å²) < 4.78 is 117. The first-order valence-corrected chi connectivity index (χ1v) is 37.5. The van der Waals surface area contributed by atoms with E-state index < -0.39 is 295 Å². The van der Waals surface area contributed by atoms with Crippen LogP contribution in [-0.4, -0.2) is 391 Å². The number of aliphatic hydroxyl groups excluding tert-OH is 20. The zero-order valence-electron chi connectivity index (χ0n) is 59.0. The monoisotopic (exact) mass is 1600 g/mol. The van der Waals surface area contributed by atoms with Crippen LogP contribution >= 0.6 is 15.6 Å². The third-order valence-electron chi connectivity index (χ3n) is 18.9. The number of carbonyl (C=O) groups excluding carboxylic acids is 2. The van der Waals surface area contributed by atoms with E-state index in [0.717, 1.165) is 26.7 Å². The maximum Gasteiger partial charge on any atom is 0.483 e. The largest absolute Gasteiger partial charge is 0.483 e. The Bertz CT molecular complexity index is 2910. The SMILES string of the molecule is CC(=O)N[C@H]1[C@H](O[C@H]2[C@H](O)[C@@H](NC(C)=O)[C@H](OP(=O)(O)OP(=O)(O)OCCC(C)CC/C=C(\C)CCC=C(C)C)O[C@@H]2CO)O[C@H](CO)[C@@H](O[C@@H]2O[C@H](CO[C@@H]3O[C@H](CO)[C@@H](O)[C@H](O)[C@@H]3O)[C@@H](O)[C@H](O[C@@H]3O[C@H](CO)[C@@H](O)[C@H](O)[C@@H]3O[C@@H]3O[C@H](CO)[C@@H](O)[C@H](O)[C@@H]3O[C@@H]3O[C@H](CO)[C@@H](O)[C@H](O)[C@@H]3O)[C@@H]2O)[C@@H]1O. The molecule has 7 heterocycles. The first-order chi connectivity index (χ1) is 50.3. The molecule has 44 nitrogen and oxygen atoms in total. The lowest BCUT2D eigenvalue weighted by Crippen LogP contribution is -2.70. The summed E-state index contributed by atoms with van der Waals surface area (Å²) in [5.41, 5.74) is 2.38. The van der Waals surface area contributed by atoms with Crippen molar-refractivity contribution in [2.45, 2.75) is 288 Å². The maximum atomic E-state index is 13.5. The lowest BCUT2D eigenvalue weighted by Gasteiger charge is -2.51. The van der Waals surface area contributed by atoms with Crippen LogP contribution in [0, 0.1) is 5.92 Å². The number of hydrogen-bond acceptors (Lipinski definition) is 40. The smallest absolute Gasteiger partial charge is 0.394 e. The molecule has 7 aliphatic heterocycles. The van der Waals surface area contributed by atoms with Gasteiger partial charge in [-0.1, -0.05) is 30.2 Å². The molecule has 622 valence electrons. The minimum absolute atomic E-state index is 0.0592. The number of aliphatic hydroxyl groups is 20. The first kappa shape index (κ1) is 91.5. The van der Waals surface area contributed by atoms with Crippen molar-refractivity contribution in [3.05, 3.63) is 23.3 Å². The van der Waals surface area contributed by atoms with Crippen LogP contribution in [0.5, 0.6) is 0 Å². The van der Waals surface area contributed by atoms with E-state index >= 15 is 0 Å². The van der Waals surface area contributed by atoms with E-state index in [4.69, 9.17) is 70.6 Å². The van der Waals surface area contributed by atoms with E-state index in [-0.39, 0.29) is 12.3 Å². The quantitative estimate of drug-likeness (QED) is 0.0207. The molecule has 0 aliphatic carbocycles. The lowest BCUT2D eigenvalue weighted by molar-refractivity contribution is -0.407. The lowest BCUT2D eigenvalue weighted by atomic mass is 9.94. The normalized spacial score (nSPS) is 43.7. The van der Waals surface area contributed by atoms with Gasteiger partial charge in [0, 0.05) is 13.8 Å². The van der Waals surface area contributed by atoms with Crippen molar-refractivity contribution < 1.29 is 206 Å². The van der Waals surface area contributed by atoms with Crippen LogP contribution in [0.3, 0.4) is 0 Å². The third-order valence-corrected chi connectivity index (χ3v) is 21.5. The van der Waals surface area contributed by atoms with Crippen molar-refractivity contribution in [2.75, 3.05) is 52.9 Å². The van der Waals surface area contributed by atoms with Crippen molar-refractivity contribution in [3.63, 3.8) is 0 Å². The predicted octanol–water partition coefficient (Wildman–Crippen LogP) is -10.2. The van der Waals surface area contributed by atoms with Gasteiger partial charge in [-0.2, -0.15) is 4.31 Å². The van der Waals surface area contributed by atoms with Crippen molar-refractivity contribution in [2.24, 2.45) is 5.92 Å². The summed E-state index contributed by atoms with van der Waals surface area (Å²) in [6, 6.07) is -4.03. The number of carbonyl (C=O) groups is 2. The van der Waals surface area contributed by atoms with Gasteiger partial charge in [-0.15, -0.1) is 0 Å². The molecular formula is C61H106N2O42P2. The Labute approximate surface area is 612 Å². The summed E-state index contributed by atoms with van der Waals surface area (Å²) in [7, 11) is -11.3. The van der Waals surface area contributed by atoms with Crippen molar-refractivity contribution >= 4 is 27.5 Å². The standard InChI is InChI=1S/C61H106N2O42P2/c1-22(2)9-7-10-23(3)11-8-12-24(4)13-14-91-106(86,87)105-107(88,89)104-56-35(63-26(6)71)42(78)50(32(20-69)97-56)99-55-34(62-25(5)70)41(77)51(31(19-68)96-55)100-59-49(85)52(40(76)33(98-59)21-90-57-47(83)43(79)36(72)27(15-64)92-57)101-60-54(46(82)39(75)29(17-66)94-60)103-61-53(45(81)38(74)30(18-67)95-61)102-58-48(84)44(80)37(73)28(16-65)93-58/h9,11,24,27-61,64-69,72-85H,7-8,10,12-21H2,1-6H3,(H,62,70)(H,63,71)(H,86,87)(H,88,89)/b23-11+/t24?,27-,28-,29-,30-,31-,32-,33-,34-,35-,36-,37-,38-,39-,40-,41-,42-,43+,44+,45+,46+,47+,48+,49+,50-,51-,52+,53+,54+,55+,56+,57-,58+,59+,60+,61+/m1/s1. The molecule has 7 saturated heterocycles. The van der Waals surface area contributed by atoms with Crippen molar-refractivity contribution in [3.8, 4) is 0 Å². The first-order valence-electron chi connectivity index (χ1n) is 34.5. The predicted molar refractivity (Wildman–Crippen MR) is 346 cm³/mol. The second kappa shape index (κ2) is 41.1. The topological polar surface area (TPSA) is 685 Å². The summed E-state index contributed by atoms with van der Waals surface area (Å²) in [6.45, 7) is 1.60. The van der Waals surface area contributed by atoms with E-state index in [1.165, 1.54) is 11.1 Å². The van der Waals surface area contributed by atoms with Gasteiger partial charge in [-0.05, 0) is 58.8 Å². The van der Waals surface area contributed by atoms with Crippen molar-refractivity contribution in [1.29, 1.82) is 0 Å². The molecule has 0 radical (unpaired) electrons. The summed E-state index contributed by atoms with van der Waals surface area (Å²) in [5, 5.41) is 225. The fourth-order valence-corrected chi connectivity index (χ4v) is 15.0. The van der Waals surface area contributed by atoms with Gasteiger partial charge in [0.1, 0.15) is 171 Å². The van der Waals surface area contributed by atoms with Crippen LogP contribution < -0.4 is 10.6 Å². The van der Waals surface area contributed by atoms with E-state index in [2.05, 4.69) is 27.1 Å². The van der Waals surface area contributed by atoms with Crippen molar-refractivity contribution in [1.82, 2.24) is 10.6 Å². The molecule has 2 amide bonds. The molecule has 7 rings (SSSR count). The average molecular weight is 1600 g/mol. The van der Waals surface area contributed by atoms with Gasteiger partial charge in [0.05, 0.1) is 52.9 Å². The van der Waals surface area contributed by atoms with Gasteiger partial charge in [0.2, 0.25) is 11.8 Å². The van der Waals surface area contributed by atoms with E-state index in [1.54, 1.807) is 0 Å². The second-order valence-corrected chi connectivity index (χ2v) is 30.3. The molecule has 0 spiro atoms. The number of allylic oxidation sites excluding steroid dienone is 4. The molecule has 0 bridgehead atoms. The summed E-state index contributed by atoms with van der Waals surface area (Å²) >= 11 is 0. The molecule has 46 heteroatoms. The minimum atomic E-state index is -5.85. The van der Waals surface area contributed by atoms with Crippen LogP contribution in [0.1, 0.15) is 73.6 Å². The van der Waals surface area contributed by atoms with Crippen LogP contribution in [0.4, 0.5) is 0 Å². The summed E-state index contributed by atoms with van der Waals surface area (Å²) in [4.78, 5) is 47.1. The molecule has 38 atom stereocenters. The molecule has 7 aliphatic rings. The van der Waals surface area contributed by atoms with Gasteiger partial charge < -0.3 is 184 Å². The van der Waals surface area contributed by atoms with E-state index in [9.17, 15) is 131 Å². The Balaban J connectivity index is 1.13. The van der Waals surface area contributed by atoms with Crippen LogP contribution in [-0.2, 0) is 93.7 Å². The number of hydrogen-bond donors (Lipinski definition) is 24. The van der Waals surface area contributed by atoms with E-state index in [0.29, 0.717) is 12.8 Å². The highest BCUT2D eigenvalue weighted by Gasteiger charge is 2.60. The number of ether oxygens (including phenoxy) is 13. The highest BCUT2D eigenvalue weighted by molar-refractivity contribution is 7.61. The number of nitrogens with one attached hydrogen (secondary N) is 2. The van der Waals surface area contributed by atoms with Gasteiger partial charge in [-0.3, -0.25) is 18.6 Å². The third kappa shape index (κ3) is 23.5. The Morgan fingerprint density at radius 3 is 1.28 bits per heavy atom. The number of phosphoric acid groups is 2. The molecule has 0 saturated carbocycles. The van der Waals surface area contributed by atoms with Crippen LogP contribution in [0.25, 0.3) is 0 Å². The summed E-state index contributed by atoms with van der Waals surface area (Å²) in [6.07, 6.45) is -62.5. The highest BCUT2D eigenvalue weighted by Crippen LogP contribution is 2.61. The molecule has 0 aromatic carbocycles. The molecule has 24 N–H and O–H groups in total. The molecule has 7 fully saturated rings. The van der Waals surface area contributed by atoms with Gasteiger partial charge in [-0.25, -0.2) is 9.13 Å². The average Bonchev–Trinajstić information content (AvgIpc) is 0.773. The zero-order valence-corrected chi connectivity index (χ0v) is 60.8. The molecule has 107 heavy (non-hydrogen) atoms. The second-order valence-electron chi connectivity index (χ2n) is 27.4. The molecular weight excluding hydrogens is 1490 g/mol. The fourth-order valence-electron chi connectivity index (χ4n) is 12.9. The Morgan fingerprint density at radius 1 is 0.402 bits per heavy atom. The Morgan fingerprint density at radius 2 is 0.794 bits per heavy atom. The molecule has 0 aromatic heterocycles. The zero-order chi connectivity index (χ0) is 79.4. The summed E-state index contributed by atoms with van der Waals surface area (Å²) in [5.74, 6) is -2.02. The highest BCUT2D eigenvalue weighted by atomic mass is 31.3. The number of amides is 2. The van der Waals surface area contributed by atoms with Crippen LogP contribution in [0.15, 0.2) is 23.3 Å². The van der Waals surface area contributed by atoms with Gasteiger partial charge >= 0.3 is 15.6 Å². The van der Waals surface area contributed by atoms with Gasteiger partial charge in [0.25, 0.3) is 0 Å². The maximum absolute atomic E-state index is 13.5. The van der Waals surface area contributed by atoms with Crippen LogP contribution in [0.2, 0.25) is 0 Å². The molecule has 3 unspecified atom stereocenters. The number of rotatable bonds is 35. The number of phosphoric ester groups is 2. The van der Waals surface area contributed by atoms with E-state index in [1.807, 2.05) is 27.7 Å². The van der Waals surface area contributed by atoms with Gasteiger partial charge in [0.15, 0.2) is 44.0 Å². The minimum Gasteiger partial charge on any atom is -0.394 e.